The smallest absolute Gasteiger partial charge is 0.401 e. The average molecular weight is 326 g/mol. The lowest BCUT2D eigenvalue weighted by Crippen LogP contribution is -2.36. The normalized spacial score (nSPS) is 21.8. The molecule has 2 aromatic rings. The quantitative estimate of drug-likeness (QED) is 0.847. The highest BCUT2D eigenvalue weighted by molar-refractivity contribution is 6.60. The SMILES string of the molecule is Cc1cc(C#N)nn1-c1nc(B2OC(C)C(C)O2)ccc1[C@H](C)O. The summed E-state index contributed by atoms with van der Waals surface area (Å²) in [5.41, 5.74) is 2.28. The number of nitrogens with zero attached hydrogens (tertiary/aromatic N) is 4. The number of hydrogen-bond donors (Lipinski definition) is 1. The van der Waals surface area contributed by atoms with Crippen LogP contribution in [0, 0.1) is 18.3 Å². The molecule has 0 saturated carbocycles. The van der Waals surface area contributed by atoms with Crippen molar-refractivity contribution in [2.24, 2.45) is 0 Å². The van der Waals surface area contributed by atoms with E-state index in [-0.39, 0.29) is 12.2 Å². The molecule has 8 heteroatoms. The van der Waals surface area contributed by atoms with Gasteiger partial charge >= 0.3 is 7.12 Å². The zero-order valence-electron chi connectivity index (χ0n) is 14.1. The first kappa shape index (κ1) is 16.6. The van der Waals surface area contributed by atoms with Crippen molar-refractivity contribution in [2.45, 2.75) is 46.0 Å². The predicted octanol–water partition coefficient (Wildman–Crippen LogP) is 1.02. The fourth-order valence-electron chi connectivity index (χ4n) is 2.63. The van der Waals surface area contributed by atoms with Crippen molar-refractivity contribution < 1.29 is 14.4 Å². The van der Waals surface area contributed by atoms with Crippen LogP contribution in [0.5, 0.6) is 0 Å². The van der Waals surface area contributed by atoms with Crippen LogP contribution in [0.15, 0.2) is 18.2 Å². The molecule has 0 radical (unpaired) electrons. The molecule has 0 amide bonds. The summed E-state index contributed by atoms with van der Waals surface area (Å²) >= 11 is 0. The zero-order valence-corrected chi connectivity index (χ0v) is 14.1. The molecule has 0 spiro atoms. The van der Waals surface area contributed by atoms with Gasteiger partial charge in [0.15, 0.2) is 11.5 Å². The van der Waals surface area contributed by atoms with Crippen molar-refractivity contribution in [1.29, 1.82) is 5.26 Å². The zero-order chi connectivity index (χ0) is 17.4. The van der Waals surface area contributed by atoms with E-state index >= 15 is 0 Å². The Bertz CT molecular complexity index is 789. The highest BCUT2D eigenvalue weighted by Crippen LogP contribution is 2.21. The second-order valence-corrected chi connectivity index (χ2v) is 6.03. The second kappa shape index (κ2) is 6.36. The summed E-state index contributed by atoms with van der Waals surface area (Å²) in [5.74, 6) is 0.473. The fourth-order valence-corrected chi connectivity index (χ4v) is 2.63. The molecule has 24 heavy (non-hydrogen) atoms. The van der Waals surface area contributed by atoms with Gasteiger partial charge in [-0.15, -0.1) is 0 Å². The van der Waals surface area contributed by atoms with Gasteiger partial charge in [0, 0.05) is 11.3 Å². The molecule has 2 aromatic heterocycles. The molecular weight excluding hydrogens is 307 g/mol. The average Bonchev–Trinajstić information content (AvgIpc) is 3.09. The van der Waals surface area contributed by atoms with Crippen molar-refractivity contribution in [2.75, 3.05) is 0 Å². The van der Waals surface area contributed by atoms with Crippen LogP contribution >= 0.6 is 0 Å². The van der Waals surface area contributed by atoms with E-state index in [4.69, 9.17) is 14.6 Å². The standard InChI is InChI=1S/C16H19BN4O3/c1-9-7-13(8-18)20-21(9)16-14(10(2)22)5-6-15(19-16)17-23-11(3)12(4)24-17/h5-7,10-12,22H,1-4H3/t10-,11?,12?/m0/s1. The van der Waals surface area contributed by atoms with Gasteiger partial charge in [0.1, 0.15) is 6.07 Å². The van der Waals surface area contributed by atoms with Gasteiger partial charge in [-0.3, -0.25) is 0 Å². The third-order valence-electron chi connectivity index (χ3n) is 4.16. The number of pyridine rings is 1. The molecule has 1 saturated heterocycles. The van der Waals surface area contributed by atoms with Gasteiger partial charge < -0.3 is 14.4 Å². The van der Waals surface area contributed by atoms with Gasteiger partial charge in [-0.25, -0.2) is 9.67 Å². The topological polar surface area (TPSA) is 93.2 Å². The van der Waals surface area contributed by atoms with Gasteiger partial charge in [-0.1, -0.05) is 6.07 Å². The molecule has 0 aromatic carbocycles. The van der Waals surface area contributed by atoms with Crippen LogP contribution in [0.25, 0.3) is 5.82 Å². The molecular formula is C16H19BN4O3. The maximum Gasteiger partial charge on any atom is 0.514 e. The van der Waals surface area contributed by atoms with Crippen molar-refractivity contribution >= 4 is 12.7 Å². The summed E-state index contributed by atoms with van der Waals surface area (Å²) in [6.45, 7) is 7.40. The summed E-state index contributed by atoms with van der Waals surface area (Å²) in [6.07, 6.45) is -0.763. The van der Waals surface area contributed by atoms with E-state index in [1.807, 2.05) is 26.8 Å². The Kier molecular flexibility index (Phi) is 4.41. The van der Waals surface area contributed by atoms with Crippen LogP contribution in [0.3, 0.4) is 0 Å². The minimum absolute atomic E-state index is 0.0201. The summed E-state index contributed by atoms with van der Waals surface area (Å²) < 4.78 is 13.1. The number of hydrogen-bond acceptors (Lipinski definition) is 6. The Hall–Kier alpha value is -2.21. The summed E-state index contributed by atoms with van der Waals surface area (Å²) in [4.78, 5) is 4.60. The van der Waals surface area contributed by atoms with Gasteiger partial charge in [-0.05, 0) is 39.8 Å². The van der Waals surface area contributed by atoms with Crippen LogP contribution in [0.4, 0.5) is 0 Å². The van der Waals surface area contributed by atoms with Crippen molar-refractivity contribution in [1.82, 2.24) is 14.8 Å². The third kappa shape index (κ3) is 2.94. The molecule has 3 atom stereocenters. The second-order valence-electron chi connectivity index (χ2n) is 6.03. The predicted molar refractivity (Wildman–Crippen MR) is 87.9 cm³/mol. The molecule has 1 aliphatic rings. The molecule has 3 heterocycles. The molecule has 2 unspecified atom stereocenters. The summed E-state index contributed by atoms with van der Waals surface area (Å²) in [5, 5.41) is 23.3. The van der Waals surface area contributed by atoms with Crippen molar-refractivity contribution in [3.8, 4) is 11.9 Å². The number of nitriles is 1. The van der Waals surface area contributed by atoms with E-state index in [1.54, 1.807) is 29.8 Å². The van der Waals surface area contributed by atoms with E-state index in [0.29, 0.717) is 22.7 Å². The van der Waals surface area contributed by atoms with Gasteiger partial charge in [0.25, 0.3) is 0 Å². The Balaban J connectivity index is 2.07. The molecule has 1 aliphatic heterocycles. The number of aliphatic hydroxyl groups is 1. The fraction of sp³-hybridized carbons (Fsp3) is 0.438. The van der Waals surface area contributed by atoms with Crippen molar-refractivity contribution in [3.63, 3.8) is 0 Å². The Morgan fingerprint density at radius 1 is 1.33 bits per heavy atom. The first-order chi connectivity index (χ1) is 11.4. The largest absolute Gasteiger partial charge is 0.514 e. The van der Waals surface area contributed by atoms with E-state index in [2.05, 4.69) is 10.1 Å². The first-order valence-electron chi connectivity index (χ1n) is 7.87. The molecule has 1 fully saturated rings. The van der Waals surface area contributed by atoms with Gasteiger partial charge in [-0.2, -0.15) is 10.4 Å². The monoisotopic (exact) mass is 326 g/mol. The number of rotatable bonds is 3. The third-order valence-corrected chi connectivity index (χ3v) is 4.16. The van der Waals surface area contributed by atoms with E-state index in [9.17, 15) is 5.11 Å². The first-order valence-corrected chi connectivity index (χ1v) is 7.87. The Morgan fingerprint density at radius 2 is 2.00 bits per heavy atom. The van der Waals surface area contributed by atoms with Gasteiger partial charge in [0.2, 0.25) is 0 Å². The highest BCUT2D eigenvalue weighted by Gasteiger charge is 2.37. The van der Waals surface area contributed by atoms with Crippen LogP contribution in [0.1, 0.15) is 43.8 Å². The molecule has 0 bridgehead atoms. The van der Waals surface area contributed by atoms with E-state index < -0.39 is 13.2 Å². The molecule has 124 valence electrons. The minimum Gasteiger partial charge on any atom is -0.401 e. The van der Waals surface area contributed by atoms with Crippen molar-refractivity contribution in [3.05, 3.63) is 35.2 Å². The minimum atomic E-state index is -0.723. The van der Waals surface area contributed by atoms with Crippen LogP contribution in [-0.4, -0.2) is 39.2 Å². The number of aliphatic hydroxyl groups excluding tert-OH is 1. The highest BCUT2D eigenvalue weighted by atomic mass is 16.7. The Morgan fingerprint density at radius 3 is 2.54 bits per heavy atom. The molecule has 0 aliphatic carbocycles. The molecule has 7 nitrogen and oxygen atoms in total. The van der Waals surface area contributed by atoms with E-state index in [1.165, 1.54) is 0 Å². The molecule has 3 rings (SSSR count). The summed E-state index contributed by atoms with van der Waals surface area (Å²) in [7, 11) is -0.553. The lowest BCUT2D eigenvalue weighted by molar-refractivity contribution is 0.187. The lowest BCUT2D eigenvalue weighted by Gasteiger charge is -2.15. The van der Waals surface area contributed by atoms with Crippen LogP contribution in [-0.2, 0) is 9.31 Å². The lowest BCUT2D eigenvalue weighted by atomic mass is 9.84. The van der Waals surface area contributed by atoms with Crippen LogP contribution < -0.4 is 5.59 Å². The summed E-state index contributed by atoms with van der Waals surface area (Å²) in [6, 6.07) is 7.26. The maximum absolute atomic E-state index is 10.1. The molecule has 1 N–H and O–H groups in total. The Labute approximate surface area is 141 Å². The number of aromatic nitrogens is 3. The van der Waals surface area contributed by atoms with Crippen LogP contribution in [0.2, 0.25) is 0 Å². The number of aryl methyl sites for hydroxylation is 1. The van der Waals surface area contributed by atoms with E-state index in [0.717, 1.165) is 5.69 Å². The maximum atomic E-state index is 10.1. The van der Waals surface area contributed by atoms with Gasteiger partial charge in [0.05, 0.1) is 23.9 Å².